The van der Waals surface area contributed by atoms with Crippen LogP contribution in [0.3, 0.4) is 0 Å². The number of ether oxygens (including phenoxy) is 1. The zero-order valence-electron chi connectivity index (χ0n) is 24.9. The van der Waals surface area contributed by atoms with E-state index in [1.807, 2.05) is 30.3 Å². The van der Waals surface area contributed by atoms with Gasteiger partial charge in [-0.15, -0.1) is 24.9 Å². The van der Waals surface area contributed by atoms with Gasteiger partial charge in [0.1, 0.15) is 6.04 Å². The zero-order valence-corrected chi connectivity index (χ0v) is 27.3. The first-order chi connectivity index (χ1) is 20.8. The van der Waals surface area contributed by atoms with Gasteiger partial charge in [0.25, 0.3) is 0 Å². The quantitative estimate of drug-likeness (QED) is 0.254. The Labute approximate surface area is 267 Å². The molecular formula is C32H43BrN4O5S. The molecule has 4 saturated heterocycles. The van der Waals surface area contributed by atoms with Crippen molar-refractivity contribution in [3.63, 3.8) is 0 Å². The highest BCUT2D eigenvalue weighted by atomic mass is 79.9. The smallest absolute Gasteiger partial charge is 0.247 e. The second-order valence-electron chi connectivity index (χ2n) is 12.0. The second kappa shape index (κ2) is 13.9. The number of carbonyl (C=O) groups is 3. The van der Waals surface area contributed by atoms with E-state index in [4.69, 9.17) is 4.74 Å². The van der Waals surface area contributed by atoms with Crippen molar-refractivity contribution in [1.29, 1.82) is 0 Å². The summed E-state index contributed by atoms with van der Waals surface area (Å²) in [5.74, 6) is -1.69. The second-order valence-corrected chi connectivity index (χ2v) is 14.7. The standard InChI is InChI=1S/C32H43BrN4O5S/c1-4-11-35(14-13-34-15-17-42-18-16-34)31(41)28-32-19-24(33)27(43-32)25(26(32)30(40)37(28)22(3)21-38)29(39)36(12-5-2)20-23-9-7-6-8-10-23/h4-10,22,24-28,38H,1-2,11-21H2,3H3/t22-,24?,25+,26+,27+,28?,32?/m1/s1. The van der Waals surface area contributed by atoms with Crippen molar-refractivity contribution < 1.29 is 24.2 Å². The summed E-state index contributed by atoms with van der Waals surface area (Å²) in [6, 6.07) is 8.45. The van der Waals surface area contributed by atoms with Crippen LogP contribution < -0.4 is 0 Å². The summed E-state index contributed by atoms with van der Waals surface area (Å²) in [6.07, 6.45) is 4.03. The summed E-state index contributed by atoms with van der Waals surface area (Å²) in [5.41, 5.74) is 1.00. The Morgan fingerprint density at radius 3 is 2.49 bits per heavy atom. The Balaban J connectivity index is 1.47. The molecule has 2 bridgehead atoms. The van der Waals surface area contributed by atoms with Crippen molar-refractivity contribution in [3.8, 4) is 0 Å². The van der Waals surface area contributed by atoms with Crippen LogP contribution in [0.2, 0.25) is 0 Å². The lowest BCUT2D eigenvalue weighted by atomic mass is 9.70. The topological polar surface area (TPSA) is 93.6 Å². The number of morpholine rings is 1. The van der Waals surface area contributed by atoms with Crippen LogP contribution in [-0.4, -0.2) is 128 Å². The summed E-state index contributed by atoms with van der Waals surface area (Å²) in [7, 11) is 0. The zero-order chi connectivity index (χ0) is 30.7. The van der Waals surface area contributed by atoms with E-state index in [-0.39, 0.29) is 34.4 Å². The van der Waals surface area contributed by atoms with Gasteiger partial charge in [-0.1, -0.05) is 58.4 Å². The van der Waals surface area contributed by atoms with Crippen molar-refractivity contribution in [1.82, 2.24) is 19.6 Å². The molecule has 9 nitrogen and oxygen atoms in total. The maximum absolute atomic E-state index is 14.6. The average Bonchev–Trinajstić information content (AvgIpc) is 3.62. The molecule has 11 heteroatoms. The maximum atomic E-state index is 14.6. The molecule has 0 radical (unpaired) electrons. The van der Waals surface area contributed by atoms with Crippen molar-refractivity contribution in [2.24, 2.45) is 11.8 Å². The monoisotopic (exact) mass is 674 g/mol. The molecule has 5 rings (SSSR count). The molecule has 0 saturated carbocycles. The Kier molecular flexibility index (Phi) is 10.4. The van der Waals surface area contributed by atoms with Gasteiger partial charge in [0.05, 0.1) is 42.4 Å². The van der Waals surface area contributed by atoms with Crippen LogP contribution in [0.5, 0.6) is 0 Å². The van der Waals surface area contributed by atoms with E-state index in [0.29, 0.717) is 52.4 Å². The number of aliphatic hydroxyl groups is 1. The van der Waals surface area contributed by atoms with Gasteiger partial charge < -0.3 is 24.5 Å². The molecule has 1 N–H and O–H groups in total. The fraction of sp³-hybridized carbons (Fsp3) is 0.594. The Morgan fingerprint density at radius 1 is 1.16 bits per heavy atom. The van der Waals surface area contributed by atoms with Gasteiger partial charge in [-0.25, -0.2) is 0 Å². The highest BCUT2D eigenvalue weighted by Gasteiger charge is 2.76. The minimum Gasteiger partial charge on any atom is -0.394 e. The SMILES string of the molecule is C=CCN(CCN1CCOCC1)C(=O)C1N([C@H](C)CO)C(=O)[C@@H]2[C@H](C(=O)N(CC=C)Cc3ccccc3)[C@H]3SC12CC3Br. The van der Waals surface area contributed by atoms with Crippen molar-refractivity contribution in [2.75, 3.05) is 59.1 Å². The number of nitrogens with zero attached hydrogens (tertiary/aromatic N) is 4. The maximum Gasteiger partial charge on any atom is 0.247 e. The molecular weight excluding hydrogens is 632 g/mol. The fourth-order valence-electron chi connectivity index (χ4n) is 7.30. The normalized spacial score (nSPS) is 30.6. The fourth-order valence-corrected chi connectivity index (χ4v) is 10.9. The lowest BCUT2D eigenvalue weighted by molar-refractivity contribution is -0.147. The summed E-state index contributed by atoms with van der Waals surface area (Å²) < 4.78 is 4.71. The molecule has 43 heavy (non-hydrogen) atoms. The van der Waals surface area contributed by atoms with E-state index in [1.54, 1.807) is 45.5 Å². The number of benzene rings is 1. The van der Waals surface area contributed by atoms with Crippen molar-refractivity contribution >= 4 is 45.4 Å². The number of likely N-dealkylation sites (tertiary alicyclic amines) is 1. The predicted octanol–water partition coefficient (Wildman–Crippen LogP) is 2.39. The van der Waals surface area contributed by atoms with E-state index in [0.717, 1.165) is 18.7 Å². The summed E-state index contributed by atoms with van der Waals surface area (Å²) in [5, 5.41) is 10.1. The highest BCUT2D eigenvalue weighted by Crippen LogP contribution is 2.68. The third kappa shape index (κ3) is 6.08. The number of alkyl halides is 1. The Bertz CT molecular complexity index is 1200. The minimum absolute atomic E-state index is 0.0290. The lowest BCUT2D eigenvalue weighted by Gasteiger charge is -2.40. The Hall–Kier alpha value is -2.18. The van der Waals surface area contributed by atoms with E-state index in [2.05, 4.69) is 34.0 Å². The molecule has 1 aromatic carbocycles. The van der Waals surface area contributed by atoms with E-state index in [9.17, 15) is 19.5 Å². The first-order valence-corrected chi connectivity index (χ1v) is 16.9. The van der Waals surface area contributed by atoms with Crippen LogP contribution in [0, 0.1) is 11.8 Å². The molecule has 4 aliphatic heterocycles. The first-order valence-electron chi connectivity index (χ1n) is 15.2. The van der Waals surface area contributed by atoms with Gasteiger partial charge in [-0.3, -0.25) is 19.3 Å². The molecule has 4 aliphatic rings. The third-order valence-corrected chi connectivity index (χ3v) is 12.5. The molecule has 4 heterocycles. The number of thioether (sulfide) groups is 1. The van der Waals surface area contributed by atoms with Gasteiger partial charge >= 0.3 is 0 Å². The highest BCUT2D eigenvalue weighted by molar-refractivity contribution is 9.09. The third-order valence-electron chi connectivity index (χ3n) is 9.31. The first kappa shape index (κ1) is 32.2. The summed E-state index contributed by atoms with van der Waals surface area (Å²) >= 11 is 5.49. The van der Waals surface area contributed by atoms with Gasteiger partial charge in [0, 0.05) is 55.9 Å². The number of rotatable bonds is 13. The van der Waals surface area contributed by atoms with Gasteiger partial charge in [-0.2, -0.15) is 0 Å². The number of carbonyl (C=O) groups excluding carboxylic acids is 3. The van der Waals surface area contributed by atoms with Gasteiger partial charge in [0.15, 0.2) is 0 Å². The van der Waals surface area contributed by atoms with Crippen LogP contribution in [0.15, 0.2) is 55.6 Å². The number of halogens is 1. The summed E-state index contributed by atoms with van der Waals surface area (Å²) in [6.45, 7) is 14.6. The molecule has 0 aliphatic carbocycles. The van der Waals surface area contributed by atoms with Gasteiger partial charge in [0.2, 0.25) is 17.7 Å². The number of fused-ring (bicyclic) bond motifs is 1. The summed E-state index contributed by atoms with van der Waals surface area (Å²) in [4.78, 5) is 50.8. The van der Waals surface area contributed by atoms with Crippen LogP contribution in [0.1, 0.15) is 18.9 Å². The minimum atomic E-state index is -0.786. The number of amides is 3. The molecule has 234 valence electrons. The molecule has 3 unspecified atom stereocenters. The number of hydrogen-bond donors (Lipinski definition) is 1. The largest absolute Gasteiger partial charge is 0.394 e. The molecule has 1 aromatic rings. The van der Waals surface area contributed by atoms with Gasteiger partial charge in [-0.05, 0) is 18.9 Å². The predicted molar refractivity (Wildman–Crippen MR) is 172 cm³/mol. The lowest BCUT2D eigenvalue weighted by Crippen LogP contribution is -2.58. The van der Waals surface area contributed by atoms with Crippen molar-refractivity contribution in [2.45, 2.75) is 46.8 Å². The number of hydrogen-bond acceptors (Lipinski definition) is 7. The van der Waals surface area contributed by atoms with Crippen LogP contribution in [-0.2, 0) is 25.7 Å². The van der Waals surface area contributed by atoms with E-state index < -0.39 is 28.7 Å². The van der Waals surface area contributed by atoms with Crippen LogP contribution >= 0.6 is 27.7 Å². The van der Waals surface area contributed by atoms with Crippen molar-refractivity contribution in [3.05, 3.63) is 61.2 Å². The molecule has 4 fully saturated rings. The molecule has 0 aromatic heterocycles. The van der Waals surface area contributed by atoms with Crippen LogP contribution in [0.4, 0.5) is 0 Å². The Morgan fingerprint density at radius 2 is 1.84 bits per heavy atom. The molecule has 3 amide bonds. The van der Waals surface area contributed by atoms with E-state index in [1.165, 1.54) is 0 Å². The van der Waals surface area contributed by atoms with E-state index >= 15 is 0 Å². The average molecular weight is 676 g/mol. The molecule has 1 spiro atoms. The van der Waals surface area contributed by atoms with Crippen LogP contribution in [0.25, 0.3) is 0 Å². The number of aliphatic hydroxyl groups excluding tert-OH is 1. The molecule has 7 atom stereocenters.